The molecular weight excluding hydrogens is 323 g/mol. The fourth-order valence-electron chi connectivity index (χ4n) is 3.70. The van der Waals surface area contributed by atoms with Gasteiger partial charge in [0.05, 0.1) is 7.14 Å². The average molecular weight is 373 g/mol. The Bertz CT molecular complexity index is 282. The number of unbranched alkanes of at least 4 members (excludes halogenated alkanes) is 14. The van der Waals surface area contributed by atoms with Crippen molar-refractivity contribution in [1.82, 2.24) is 0 Å². The van der Waals surface area contributed by atoms with Crippen molar-refractivity contribution in [3.63, 3.8) is 0 Å². The van der Waals surface area contributed by atoms with Gasteiger partial charge in [-0.25, -0.2) is 0 Å². The van der Waals surface area contributed by atoms with Crippen molar-refractivity contribution in [3.8, 4) is 0 Å². The Morgan fingerprint density at radius 3 is 0.920 bits per heavy atom. The highest BCUT2D eigenvalue weighted by Gasteiger charge is 2.20. The molecule has 0 aliphatic heterocycles. The fraction of sp³-hybridized carbons (Fsp3) is 1.00. The summed E-state index contributed by atoms with van der Waals surface area (Å²) in [4.78, 5) is 0. The third kappa shape index (κ3) is 17.4. The first kappa shape index (κ1) is 25.2. The third-order valence-corrected chi connectivity index (χ3v) is 8.90. The molecule has 25 heavy (non-hydrogen) atoms. The Morgan fingerprint density at radius 1 is 0.400 bits per heavy atom. The molecule has 0 spiro atoms. The van der Waals surface area contributed by atoms with Gasteiger partial charge in [-0.05, 0) is 19.3 Å². The molecule has 152 valence electrons. The first-order valence-corrected chi connectivity index (χ1v) is 14.0. The molecule has 0 aliphatic carbocycles. The highest BCUT2D eigenvalue weighted by Crippen LogP contribution is 2.48. The number of rotatable bonds is 20. The quantitative estimate of drug-likeness (QED) is 0.154. The summed E-state index contributed by atoms with van der Waals surface area (Å²) >= 11 is 0. The van der Waals surface area contributed by atoms with Crippen LogP contribution in [0.3, 0.4) is 0 Å². The van der Waals surface area contributed by atoms with Gasteiger partial charge in [0.15, 0.2) is 0 Å². The molecule has 0 saturated heterocycles. The zero-order valence-corrected chi connectivity index (χ0v) is 18.9. The molecule has 0 rings (SSSR count). The summed E-state index contributed by atoms with van der Waals surface area (Å²) in [5.74, 6) is 0. The van der Waals surface area contributed by atoms with Crippen LogP contribution >= 0.6 is 7.14 Å². The highest BCUT2D eigenvalue weighted by molar-refractivity contribution is 7.63. The minimum Gasteiger partial charge on any atom is -0.324 e. The monoisotopic (exact) mass is 372 g/mol. The van der Waals surface area contributed by atoms with E-state index < -0.39 is 7.14 Å². The normalized spacial score (nSPS) is 12.0. The van der Waals surface area contributed by atoms with Gasteiger partial charge in [0.25, 0.3) is 0 Å². The molecule has 0 bridgehead atoms. The lowest BCUT2D eigenvalue weighted by atomic mass is 10.1. The molecule has 0 amide bonds. The zero-order chi connectivity index (χ0) is 18.6. The van der Waals surface area contributed by atoms with E-state index in [0.29, 0.717) is 0 Å². The van der Waals surface area contributed by atoms with Crippen molar-refractivity contribution in [2.45, 2.75) is 130 Å². The van der Waals surface area contributed by atoms with E-state index in [2.05, 4.69) is 20.8 Å². The fourth-order valence-corrected chi connectivity index (χ4v) is 6.77. The third-order valence-electron chi connectivity index (χ3n) is 5.51. The van der Waals surface area contributed by atoms with Crippen LogP contribution in [0.5, 0.6) is 0 Å². The second-order valence-electron chi connectivity index (χ2n) is 8.18. The molecule has 0 N–H and O–H groups in total. The molecule has 0 heterocycles. The lowest BCUT2D eigenvalue weighted by Crippen LogP contribution is -2.02. The van der Waals surface area contributed by atoms with Gasteiger partial charge in [-0.3, -0.25) is 0 Å². The van der Waals surface area contributed by atoms with Gasteiger partial charge >= 0.3 is 0 Å². The maximum Gasteiger partial charge on any atom is 0.0877 e. The summed E-state index contributed by atoms with van der Waals surface area (Å²) in [7, 11) is -1.88. The molecular formula is C23H49OP. The van der Waals surface area contributed by atoms with Crippen LogP contribution in [-0.4, -0.2) is 18.5 Å². The lowest BCUT2D eigenvalue weighted by Gasteiger charge is -2.18. The Morgan fingerprint density at radius 2 is 0.640 bits per heavy atom. The summed E-state index contributed by atoms with van der Waals surface area (Å²) in [5, 5.41) is 0. The van der Waals surface area contributed by atoms with Crippen molar-refractivity contribution in [3.05, 3.63) is 0 Å². The van der Waals surface area contributed by atoms with E-state index in [9.17, 15) is 4.57 Å². The standard InChI is InChI=1S/C23H49OP/c1-4-7-10-13-14-17-20-23-25(24,21-18-15-11-8-5-2)22-19-16-12-9-6-3/h4-23H2,1-3H3. The summed E-state index contributed by atoms with van der Waals surface area (Å²) in [6, 6.07) is 0. The van der Waals surface area contributed by atoms with Crippen LogP contribution in [0.1, 0.15) is 130 Å². The van der Waals surface area contributed by atoms with Crippen LogP contribution in [0, 0.1) is 0 Å². The summed E-state index contributed by atoms with van der Waals surface area (Å²) in [6.45, 7) is 6.81. The molecule has 2 heteroatoms. The zero-order valence-electron chi connectivity index (χ0n) is 18.0. The Hall–Kier alpha value is 0.230. The first-order valence-electron chi connectivity index (χ1n) is 11.8. The maximum absolute atomic E-state index is 13.4. The van der Waals surface area contributed by atoms with Gasteiger partial charge < -0.3 is 4.57 Å². The van der Waals surface area contributed by atoms with Crippen molar-refractivity contribution in [2.24, 2.45) is 0 Å². The Kier molecular flexibility index (Phi) is 19.2. The topological polar surface area (TPSA) is 17.1 Å². The molecule has 0 aromatic heterocycles. The van der Waals surface area contributed by atoms with Crippen LogP contribution < -0.4 is 0 Å². The molecule has 0 fully saturated rings. The van der Waals surface area contributed by atoms with E-state index in [0.717, 1.165) is 18.5 Å². The number of hydrogen-bond donors (Lipinski definition) is 0. The molecule has 0 radical (unpaired) electrons. The second-order valence-corrected chi connectivity index (χ2v) is 11.6. The van der Waals surface area contributed by atoms with Crippen LogP contribution in [0.4, 0.5) is 0 Å². The van der Waals surface area contributed by atoms with E-state index in [1.165, 1.54) is 109 Å². The largest absolute Gasteiger partial charge is 0.324 e. The van der Waals surface area contributed by atoms with E-state index >= 15 is 0 Å². The highest BCUT2D eigenvalue weighted by atomic mass is 31.2. The SMILES string of the molecule is CCCCCCCCCP(=O)(CCCCCCC)CCCCCCC. The van der Waals surface area contributed by atoms with Crippen LogP contribution in [0.25, 0.3) is 0 Å². The summed E-state index contributed by atoms with van der Waals surface area (Å²) in [6.07, 6.45) is 25.5. The molecule has 1 nitrogen and oxygen atoms in total. The van der Waals surface area contributed by atoms with Gasteiger partial charge in [0, 0.05) is 18.5 Å². The summed E-state index contributed by atoms with van der Waals surface area (Å²) in [5.41, 5.74) is 0. The van der Waals surface area contributed by atoms with Crippen LogP contribution in [0.15, 0.2) is 0 Å². The minimum atomic E-state index is -1.88. The Balaban J connectivity index is 4.01. The van der Waals surface area contributed by atoms with Gasteiger partial charge in [0.1, 0.15) is 0 Å². The molecule has 0 aliphatic rings. The van der Waals surface area contributed by atoms with E-state index in [1.807, 2.05) is 0 Å². The van der Waals surface area contributed by atoms with Crippen molar-refractivity contribution < 1.29 is 4.57 Å². The minimum absolute atomic E-state index is 1.04. The second kappa shape index (κ2) is 19.0. The van der Waals surface area contributed by atoms with Gasteiger partial charge in [-0.2, -0.15) is 0 Å². The Labute approximate surface area is 160 Å². The van der Waals surface area contributed by atoms with Gasteiger partial charge in [0.2, 0.25) is 0 Å². The van der Waals surface area contributed by atoms with Gasteiger partial charge in [-0.1, -0.05) is 111 Å². The molecule has 0 saturated carbocycles. The van der Waals surface area contributed by atoms with E-state index in [4.69, 9.17) is 0 Å². The number of hydrogen-bond acceptors (Lipinski definition) is 1. The molecule has 0 atom stereocenters. The summed E-state index contributed by atoms with van der Waals surface area (Å²) < 4.78 is 13.4. The van der Waals surface area contributed by atoms with Gasteiger partial charge in [-0.15, -0.1) is 0 Å². The van der Waals surface area contributed by atoms with E-state index in [-0.39, 0.29) is 0 Å². The van der Waals surface area contributed by atoms with Crippen LogP contribution in [0.2, 0.25) is 0 Å². The van der Waals surface area contributed by atoms with Crippen LogP contribution in [-0.2, 0) is 4.57 Å². The predicted octanol–water partition coefficient (Wildman–Crippen LogP) is 9.04. The molecule has 0 aromatic carbocycles. The molecule has 0 unspecified atom stereocenters. The predicted molar refractivity (Wildman–Crippen MR) is 118 cm³/mol. The smallest absolute Gasteiger partial charge is 0.0877 e. The lowest BCUT2D eigenvalue weighted by molar-refractivity contribution is 0.556. The first-order chi connectivity index (χ1) is 12.2. The van der Waals surface area contributed by atoms with Crippen molar-refractivity contribution in [2.75, 3.05) is 18.5 Å². The van der Waals surface area contributed by atoms with E-state index in [1.54, 1.807) is 0 Å². The van der Waals surface area contributed by atoms with Crippen molar-refractivity contribution in [1.29, 1.82) is 0 Å². The molecule has 0 aromatic rings. The van der Waals surface area contributed by atoms with Crippen molar-refractivity contribution >= 4 is 7.14 Å². The average Bonchev–Trinajstić information content (AvgIpc) is 2.61. The maximum atomic E-state index is 13.4.